The molecule has 0 fully saturated rings. The van der Waals surface area contributed by atoms with Crippen molar-refractivity contribution in [3.63, 3.8) is 0 Å². The standard InChI is InChI=1S/C14H13BrFNO2/c1-2-18-11-6-10(17)7-12(8-11)19-14-4-3-9(15)5-13(14)16/h3-8H,2,17H2,1H3. The summed E-state index contributed by atoms with van der Waals surface area (Å²) in [7, 11) is 0. The molecule has 0 atom stereocenters. The van der Waals surface area contributed by atoms with Crippen LogP contribution in [-0.2, 0) is 0 Å². The molecule has 2 aromatic carbocycles. The number of hydrogen-bond acceptors (Lipinski definition) is 3. The van der Waals surface area contributed by atoms with E-state index in [9.17, 15) is 4.39 Å². The molecule has 0 aliphatic carbocycles. The first-order chi connectivity index (χ1) is 9.08. The van der Waals surface area contributed by atoms with Crippen LogP contribution in [0.1, 0.15) is 6.92 Å². The second kappa shape index (κ2) is 5.93. The van der Waals surface area contributed by atoms with E-state index in [1.54, 1.807) is 30.3 Å². The fraction of sp³-hybridized carbons (Fsp3) is 0.143. The average molecular weight is 326 g/mol. The van der Waals surface area contributed by atoms with E-state index in [0.717, 1.165) is 0 Å². The Labute approximate surface area is 119 Å². The molecule has 0 aromatic heterocycles. The lowest BCUT2D eigenvalue weighted by atomic mass is 10.3. The molecule has 19 heavy (non-hydrogen) atoms. The highest BCUT2D eigenvalue weighted by Crippen LogP contribution is 2.31. The Morgan fingerprint density at radius 2 is 1.89 bits per heavy atom. The van der Waals surface area contributed by atoms with Gasteiger partial charge in [0.1, 0.15) is 11.5 Å². The van der Waals surface area contributed by atoms with E-state index in [2.05, 4.69) is 15.9 Å². The number of halogens is 2. The van der Waals surface area contributed by atoms with Crippen molar-refractivity contribution in [1.29, 1.82) is 0 Å². The normalized spacial score (nSPS) is 10.3. The van der Waals surface area contributed by atoms with Crippen molar-refractivity contribution in [2.24, 2.45) is 0 Å². The van der Waals surface area contributed by atoms with E-state index < -0.39 is 5.82 Å². The van der Waals surface area contributed by atoms with Crippen molar-refractivity contribution < 1.29 is 13.9 Å². The zero-order valence-electron chi connectivity index (χ0n) is 10.3. The van der Waals surface area contributed by atoms with E-state index in [1.807, 2.05) is 6.92 Å². The van der Waals surface area contributed by atoms with Gasteiger partial charge in [0.2, 0.25) is 0 Å². The summed E-state index contributed by atoms with van der Waals surface area (Å²) in [5.74, 6) is 0.714. The van der Waals surface area contributed by atoms with Gasteiger partial charge in [-0.15, -0.1) is 0 Å². The molecule has 0 saturated carbocycles. The van der Waals surface area contributed by atoms with Gasteiger partial charge in [0, 0.05) is 28.4 Å². The van der Waals surface area contributed by atoms with Crippen LogP contribution in [-0.4, -0.2) is 6.61 Å². The Bertz CT molecular complexity index is 590. The second-order valence-electron chi connectivity index (χ2n) is 3.85. The number of anilines is 1. The zero-order chi connectivity index (χ0) is 13.8. The fourth-order valence-corrected chi connectivity index (χ4v) is 1.92. The van der Waals surface area contributed by atoms with Gasteiger partial charge in [0.15, 0.2) is 11.6 Å². The number of nitrogens with two attached hydrogens (primary N) is 1. The summed E-state index contributed by atoms with van der Waals surface area (Å²) in [5, 5.41) is 0. The van der Waals surface area contributed by atoms with Crippen molar-refractivity contribution in [3.8, 4) is 17.2 Å². The molecular formula is C14H13BrFNO2. The summed E-state index contributed by atoms with van der Waals surface area (Å²) in [6, 6.07) is 9.56. The molecule has 0 heterocycles. The van der Waals surface area contributed by atoms with Gasteiger partial charge in [0.05, 0.1) is 6.61 Å². The maximum atomic E-state index is 13.7. The third-order valence-corrected chi connectivity index (χ3v) is 2.83. The Kier molecular flexibility index (Phi) is 4.27. The molecule has 2 N–H and O–H groups in total. The lowest BCUT2D eigenvalue weighted by Crippen LogP contribution is -1.95. The Hall–Kier alpha value is -1.75. The number of benzene rings is 2. The second-order valence-corrected chi connectivity index (χ2v) is 4.76. The summed E-state index contributed by atoms with van der Waals surface area (Å²) < 4.78 is 25.1. The van der Waals surface area contributed by atoms with Gasteiger partial charge in [0.25, 0.3) is 0 Å². The topological polar surface area (TPSA) is 44.5 Å². The molecule has 0 amide bonds. The summed E-state index contributed by atoms with van der Waals surface area (Å²) in [6.07, 6.45) is 0. The third-order valence-electron chi connectivity index (χ3n) is 2.34. The van der Waals surface area contributed by atoms with Crippen molar-refractivity contribution in [2.45, 2.75) is 6.92 Å². The van der Waals surface area contributed by atoms with E-state index in [-0.39, 0.29) is 5.75 Å². The predicted molar refractivity (Wildman–Crippen MR) is 76.2 cm³/mol. The quantitative estimate of drug-likeness (QED) is 0.849. The Balaban J connectivity index is 2.27. The first-order valence-corrected chi connectivity index (χ1v) is 6.54. The molecule has 5 heteroatoms. The van der Waals surface area contributed by atoms with Gasteiger partial charge in [-0.3, -0.25) is 0 Å². The number of nitrogen functional groups attached to an aromatic ring is 1. The van der Waals surface area contributed by atoms with Gasteiger partial charge in [-0.25, -0.2) is 4.39 Å². The molecule has 0 unspecified atom stereocenters. The van der Waals surface area contributed by atoms with Crippen LogP contribution < -0.4 is 15.2 Å². The van der Waals surface area contributed by atoms with Crippen LogP contribution in [0.3, 0.4) is 0 Å². The Morgan fingerprint density at radius 3 is 2.58 bits per heavy atom. The highest BCUT2D eigenvalue weighted by Gasteiger charge is 2.07. The SMILES string of the molecule is CCOc1cc(N)cc(Oc2ccc(Br)cc2F)c1. The van der Waals surface area contributed by atoms with Crippen LogP contribution in [0.15, 0.2) is 40.9 Å². The highest BCUT2D eigenvalue weighted by molar-refractivity contribution is 9.10. The lowest BCUT2D eigenvalue weighted by Gasteiger charge is -2.10. The number of hydrogen-bond donors (Lipinski definition) is 1. The summed E-state index contributed by atoms with van der Waals surface area (Å²) in [5.41, 5.74) is 6.24. The van der Waals surface area contributed by atoms with Crippen LogP contribution in [0.25, 0.3) is 0 Å². The maximum absolute atomic E-state index is 13.7. The minimum absolute atomic E-state index is 0.135. The van der Waals surface area contributed by atoms with Crippen molar-refractivity contribution in [2.75, 3.05) is 12.3 Å². The van der Waals surface area contributed by atoms with Gasteiger partial charge >= 0.3 is 0 Å². The Morgan fingerprint density at radius 1 is 1.16 bits per heavy atom. The van der Waals surface area contributed by atoms with Gasteiger partial charge in [-0.1, -0.05) is 15.9 Å². The van der Waals surface area contributed by atoms with Crippen LogP contribution in [0, 0.1) is 5.82 Å². The van der Waals surface area contributed by atoms with E-state index in [0.29, 0.717) is 28.3 Å². The first kappa shape index (κ1) is 13.7. The lowest BCUT2D eigenvalue weighted by molar-refractivity contribution is 0.338. The monoisotopic (exact) mass is 325 g/mol. The zero-order valence-corrected chi connectivity index (χ0v) is 11.9. The molecule has 2 rings (SSSR count). The van der Waals surface area contributed by atoms with Crippen LogP contribution in [0.4, 0.5) is 10.1 Å². The largest absolute Gasteiger partial charge is 0.494 e. The van der Waals surface area contributed by atoms with Gasteiger partial charge in [-0.2, -0.15) is 0 Å². The summed E-state index contributed by atoms with van der Waals surface area (Å²) in [4.78, 5) is 0. The molecule has 0 aliphatic rings. The number of ether oxygens (including phenoxy) is 2. The average Bonchev–Trinajstić information content (AvgIpc) is 2.32. The van der Waals surface area contributed by atoms with Gasteiger partial charge in [-0.05, 0) is 25.1 Å². The molecular weight excluding hydrogens is 313 g/mol. The minimum Gasteiger partial charge on any atom is -0.494 e. The van der Waals surface area contributed by atoms with Crippen LogP contribution >= 0.6 is 15.9 Å². The van der Waals surface area contributed by atoms with E-state index in [4.69, 9.17) is 15.2 Å². The molecule has 0 spiro atoms. The van der Waals surface area contributed by atoms with E-state index >= 15 is 0 Å². The molecule has 0 saturated heterocycles. The molecule has 3 nitrogen and oxygen atoms in total. The van der Waals surface area contributed by atoms with Crippen LogP contribution in [0.5, 0.6) is 17.2 Å². The summed E-state index contributed by atoms with van der Waals surface area (Å²) >= 11 is 3.19. The smallest absolute Gasteiger partial charge is 0.166 e. The maximum Gasteiger partial charge on any atom is 0.166 e. The van der Waals surface area contributed by atoms with Crippen molar-refractivity contribution in [3.05, 3.63) is 46.7 Å². The van der Waals surface area contributed by atoms with Crippen molar-refractivity contribution >= 4 is 21.6 Å². The van der Waals surface area contributed by atoms with Crippen LogP contribution in [0.2, 0.25) is 0 Å². The van der Waals surface area contributed by atoms with Gasteiger partial charge < -0.3 is 15.2 Å². The predicted octanol–water partition coefficient (Wildman–Crippen LogP) is 4.36. The first-order valence-electron chi connectivity index (χ1n) is 5.74. The molecule has 0 bridgehead atoms. The minimum atomic E-state index is -0.449. The fourth-order valence-electron chi connectivity index (χ4n) is 1.59. The molecule has 0 radical (unpaired) electrons. The molecule has 100 valence electrons. The molecule has 2 aromatic rings. The van der Waals surface area contributed by atoms with E-state index in [1.165, 1.54) is 6.07 Å². The summed E-state index contributed by atoms with van der Waals surface area (Å²) in [6.45, 7) is 2.40. The van der Waals surface area contributed by atoms with Crippen molar-refractivity contribution in [1.82, 2.24) is 0 Å². The molecule has 0 aliphatic heterocycles. The third kappa shape index (κ3) is 3.61. The highest BCUT2D eigenvalue weighted by atomic mass is 79.9. The number of rotatable bonds is 4.